The quantitative estimate of drug-likeness (QED) is 0.274. The van der Waals surface area contributed by atoms with Crippen LogP contribution in [0.25, 0.3) is 0 Å². The van der Waals surface area contributed by atoms with Gasteiger partial charge in [-0.25, -0.2) is 0 Å². The van der Waals surface area contributed by atoms with Crippen molar-refractivity contribution in [2.75, 3.05) is 12.8 Å². The van der Waals surface area contributed by atoms with Gasteiger partial charge in [-0.3, -0.25) is 0 Å². The van der Waals surface area contributed by atoms with E-state index in [2.05, 4.69) is 5.92 Å². The molecular weight excluding hydrogens is 159 g/mol. The van der Waals surface area contributed by atoms with E-state index in [1.807, 2.05) is 19.1 Å². The first-order valence-electron chi connectivity index (χ1n) is 3.43. The molecule has 60 valence electrons. The van der Waals surface area contributed by atoms with Crippen molar-refractivity contribution in [3.63, 3.8) is 0 Å². The van der Waals surface area contributed by atoms with Gasteiger partial charge in [-0.15, -0.1) is 10.9 Å². The standard InChI is InChI=1S/C8H12O2P/c1-3-5-6-7-10-11(9)8-4-2/h2-3,5H,6-8H2,1H3/q+1. The molecule has 0 radical (unpaired) electrons. The Labute approximate surface area is 68.5 Å². The lowest BCUT2D eigenvalue weighted by molar-refractivity contribution is 0.338. The van der Waals surface area contributed by atoms with Crippen LogP contribution in [0.15, 0.2) is 12.2 Å². The Balaban J connectivity index is 3.26. The van der Waals surface area contributed by atoms with E-state index in [0.717, 1.165) is 6.42 Å². The molecule has 0 saturated carbocycles. The van der Waals surface area contributed by atoms with Crippen molar-refractivity contribution in [3.05, 3.63) is 12.2 Å². The number of rotatable bonds is 5. The molecule has 0 aromatic carbocycles. The first-order chi connectivity index (χ1) is 5.31. The van der Waals surface area contributed by atoms with Crippen LogP contribution in [0, 0.1) is 12.3 Å². The van der Waals surface area contributed by atoms with Gasteiger partial charge < -0.3 is 0 Å². The molecule has 0 amide bonds. The number of hydrogen-bond donors (Lipinski definition) is 0. The molecule has 2 nitrogen and oxygen atoms in total. The highest BCUT2D eigenvalue weighted by Crippen LogP contribution is 2.20. The first-order valence-corrected chi connectivity index (χ1v) is 4.79. The van der Waals surface area contributed by atoms with Crippen LogP contribution in [0.1, 0.15) is 13.3 Å². The molecule has 0 bridgehead atoms. The Morgan fingerprint density at radius 2 is 2.45 bits per heavy atom. The van der Waals surface area contributed by atoms with E-state index >= 15 is 0 Å². The predicted molar refractivity (Wildman–Crippen MR) is 46.7 cm³/mol. The molecule has 3 heteroatoms. The van der Waals surface area contributed by atoms with Crippen LogP contribution in [0.5, 0.6) is 0 Å². The van der Waals surface area contributed by atoms with Gasteiger partial charge in [0.2, 0.25) is 6.16 Å². The van der Waals surface area contributed by atoms with Gasteiger partial charge in [0, 0.05) is 0 Å². The van der Waals surface area contributed by atoms with Crippen LogP contribution in [0.4, 0.5) is 0 Å². The molecule has 0 saturated heterocycles. The average molecular weight is 171 g/mol. The van der Waals surface area contributed by atoms with Gasteiger partial charge in [-0.05, 0) is 17.9 Å². The summed E-state index contributed by atoms with van der Waals surface area (Å²) in [4.78, 5) is 0. The zero-order chi connectivity index (χ0) is 8.53. The zero-order valence-corrected chi connectivity index (χ0v) is 7.51. The Morgan fingerprint density at radius 3 is 3.00 bits per heavy atom. The van der Waals surface area contributed by atoms with Crippen molar-refractivity contribution in [2.45, 2.75) is 13.3 Å². The normalized spacial score (nSPS) is 11.5. The molecule has 11 heavy (non-hydrogen) atoms. The molecule has 0 N–H and O–H groups in total. The van der Waals surface area contributed by atoms with Crippen molar-refractivity contribution in [1.82, 2.24) is 0 Å². The molecule has 0 spiro atoms. The first kappa shape index (κ1) is 10.4. The molecule has 0 fully saturated rings. The van der Waals surface area contributed by atoms with Crippen molar-refractivity contribution in [1.29, 1.82) is 0 Å². The fourth-order valence-corrected chi connectivity index (χ4v) is 1.06. The van der Waals surface area contributed by atoms with E-state index in [-0.39, 0.29) is 6.16 Å². The van der Waals surface area contributed by atoms with E-state index in [1.54, 1.807) is 0 Å². The zero-order valence-electron chi connectivity index (χ0n) is 6.62. The van der Waals surface area contributed by atoms with Gasteiger partial charge in [-0.2, -0.15) is 0 Å². The van der Waals surface area contributed by atoms with Crippen LogP contribution in [0.3, 0.4) is 0 Å². The Kier molecular flexibility index (Phi) is 7.03. The lowest BCUT2D eigenvalue weighted by Gasteiger charge is -1.84. The molecule has 1 unspecified atom stereocenters. The summed E-state index contributed by atoms with van der Waals surface area (Å²) in [5, 5.41) is 0. The predicted octanol–water partition coefficient (Wildman–Crippen LogP) is 2.34. The second-order valence-electron chi connectivity index (χ2n) is 1.89. The van der Waals surface area contributed by atoms with Gasteiger partial charge >= 0.3 is 8.03 Å². The largest absolute Gasteiger partial charge is 0.521 e. The van der Waals surface area contributed by atoms with Gasteiger partial charge in [0.25, 0.3) is 0 Å². The van der Waals surface area contributed by atoms with Gasteiger partial charge in [-0.1, -0.05) is 18.1 Å². The van der Waals surface area contributed by atoms with Gasteiger partial charge in [0.05, 0.1) is 0 Å². The second kappa shape index (κ2) is 7.47. The minimum Gasteiger partial charge on any atom is -0.145 e. The minimum absolute atomic E-state index is 0.213. The maximum atomic E-state index is 10.8. The number of hydrogen-bond acceptors (Lipinski definition) is 2. The molecular formula is C8H12O2P+. The Morgan fingerprint density at radius 1 is 1.73 bits per heavy atom. The smallest absolute Gasteiger partial charge is 0.145 e. The van der Waals surface area contributed by atoms with E-state index in [0.29, 0.717) is 6.61 Å². The summed E-state index contributed by atoms with van der Waals surface area (Å²) in [6.07, 6.45) is 9.82. The number of terminal acetylenes is 1. The maximum Gasteiger partial charge on any atom is 0.521 e. The van der Waals surface area contributed by atoms with E-state index in [9.17, 15) is 4.57 Å². The van der Waals surface area contributed by atoms with Gasteiger partial charge in [0.15, 0.2) is 0 Å². The Bertz CT molecular complexity index is 179. The lowest BCUT2D eigenvalue weighted by Crippen LogP contribution is -1.84. The van der Waals surface area contributed by atoms with E-state index in [1.165, 1.54) is 0 Å². The summed E-state index contributed by atoms with van der Waals surface area (Å²) >= 11 is 0. The van der Waals surface area contributed by atoms with E-state index in [4.69, 9.17) is 10.9 Å². The third kappa shape index (κ3) is 7.25. The highest BCUT2D eigenvalue weighted by Gasteiger charge is 2.12. The summed E-state index contributed by atoms with van der Waals surface area (Å²) in [5.41, 5.74) is 0. The summed E-state index contributed by atoms with van der Waals surface area (Å²) < 4.78 is 15.7. The highest BCUT2D eigenvalue weighted by atomic mass is 31.1. The molecule has 0 aliphatic carbocycles. The fourth-order valence-electron chi connectivity index (χ4n) is 0.509. The third-order valence-electron chi connectivity index (χ3n) is 0.976. The topological polar surface area (TPSA) is 26.3 Å². The maximum absolute atomic E-state index is 10.8. The average Bonchev–Trinajstić information content (AvgIpc) is 1.99. The fraction of sp³-hybridized carbons (Fsp3) is 0.500. The molecule has 0 heterocycles. The highest BCUT2D eigenvalue weighted by molar-refractivity contribution is 7.39. The minimum atomic E-state index is -1.62. The van der Waals surface area contributed by atoms with Crippen LogP contribution in [-0.2, 0) is 9.09 Å². The summed E-state index contributed by atoms with van der Waals surface area (Å²) in [5.74, 6) is 2.28. The monoisotopic (exact) mass is 171 g/mol. The van der Waals surface area contributed by atoms with Crippen molar-refractivity contribution >= 4 is 8.03 Å². The van der Waals surface area contributed by atoms with Crippen LogP contribution in [0.2, 0.25) is 0 Å². The van der Waals surface area contributed by atoms with Crippen LogP contribution in [-0.4, -0.2) is 12.8 Å². The summed E-state index contributed by atoms with van der Waals surface area (Å²) in [6.45, 7) is 2.42. The number of allylic oxidation sites excluding steroid dienone is 1. The van der Waals surface area contributed by atoms with E-state index < -0.39 is 8.03 Å². The third-order valence-corrected chi connectivity index (χ3v) is 1.89. The molecule has 0 aliphatic heterocycles. The van der Waals surface area contributed by atoms with Gasteiger partial charge in [0.1, 0.15) is 6.61 Å². The lowest BCUT2D eigenvalue weighted by atomic mass is 10.4. The SMILES string of the molecule is C#CC[P+](=O)OCCC=CC. The van der Waals surface area contributed by atoms with Crippen LogP contribution < -0.4 is 0 Å². The summed E-state index contributed by atoms with van der Waals surface area (Å²) in [7, 11) is -1.62. The van der Waals surface area contributed by atoms with Crippen molar-refractivity contribution in [2.24, 2.45) is 0 Å². The Hall–Kier alpha value is -0.640. The van der Waals surface area contributed by atoms with Crippen molar-refractivity contribution in [3.8, 4) is 12.3 Å². The molecule has 0 rings (SSSR count). The second-order valence-corrected chi connectivity index (χ2v) is 3.13. The van der Waals surface area contributed by atoms with Crippen LogP contribution >= 0.6 is 8.03 Å². The molecule has 0 aromatic rings. The summed E-state index contributed by atoms with van der Waals surface area (Å²) in [6, 6.07) is 0. The molecule has 0 aromatic heterocycles. The van der Waals surface area contributed by atoms with Crippen molar-refractivity contribution < 1.29 is 9.09 Å². The molecule has 1 atom stereocenters. The molecule has 0 aliphatic rings.